The third kappa shape index (κ3) is 3.50. The van der Waals surface area contributed by atoms with E-state index in [1.54, 1.807) is 6.92 Å². The number of carbonyl (C=O) groups excluding carboxylic acids is 1. The third-order valence-corrected chi connectivity index (χ3v) is 6.36. The van der Waals surface area contributed by atoms with Crippen molar-refractivity contribution in [2.24, 2.45) is 0 Å². The van der Waals surface area contributed by atoms with Gasteiger partial charge in [0.05, 0.1) is 11.6 Å². The maximum atomic E-state index is 12.7. The Labute approximate surface area is 132 Å². The van der Waals surface area contributed by atoms with Gasteiger partial charge in [0, 0.05) is 30.4 Å². The molecule has 0 aromatic carbocycles. The first-order valence-electron chi connectivity index (χ1n) is 6.34. The van der Waals surface area contributed by atoms with Crippen LogP contribution in [-0.4, -0.2) is 54.4 Å². The lowest BCUT2D eigenvalue weighted by molar-refractivity contribution is -0.146. The molecule has 1 aliphatic rings. The molecule has 2 heterocycles. The Balaban J connectivity index is 2.36. The topological polar surface area (TPSA) is 76.6 Å². The van der Waals surface area contributed by atoms with Gasteiger partial charge in [0.2, 0.25) is 10.0 Å². The number of rotatable bonds is 4. The van der Waals surface area contributed by atoms with E-state index in [9.17, 15) is 13.2 Å². The van der Waals surface area contributed by atoms with Gasteiger partial charge in [-0.25, -0.2) is 8.42 Å². The average Bonchev–Trinajstić information content (AvgIpc) is 2.48. The van der Waals surface area contributed by atoms with Crippen molar-refractivity contribution in [3.05, 3.63) is 23.5 Å². The Hall–Kier alpha value is -0.830. The molecule has 1 aliphatic heterocycles. The number of carbonyl (C=O) groups is 1. The van der Waals surface area contributed by atoms with E-state index in [-0.39, 0.29) is 23.1 Å². The van der Waals surface area contributed by atoms with E-state index in [0.717, 1.165) is 4.31 Å². The van der Waals surface area contributed by atoms with E-state index in [1.807, 2.05) is 0 Å². The molecule has 2 rings (SSSR count). The Morgan fingerprint density at radius 3 is 3.05 bits per heavy atom. The van der Waals surface area contributed by atoms with Gasteiger partial charge in [-0.1, -0.05) is 11.6 Å². The summed E-state index contributed by atoms with van der Waals surface area (Å²) in [5, 5.41) is 0.0887. The molecule has 21 heavy (non-hydrogen) atoms. The molecule has 1 unspecified atom stereocenters. The van der Waals surface area contributed by atoms with Crippen LogP contribution >= 0.6 is 23.4 Å². The summed E-state index contributed by atoms with van der Waals surface area (Å²) in [5.41, 5.74) is 0. The molecule has 0 N–H and O–H groups in total. The number of pyridine rings is 1. The number of hydrogen-bond donors (Lipinski definition) is 0. The van der Waals surface area contributed by atoms with E-state index >= 15 is 0 Å². The molecule has 0 bridgehead atoms. The third-order valence-electron chi connectivity index (χ3n) is 2.96. The lowest BCUT2D eigenvalue weighted by Crippen LogP contribution is -2.50. The molecular formula is C12H15ClN2O4S2. The van der Waals surface area contributed by atoms with Crippen LogP contribution in [0.15, 0.2) is 23.4 Å². The number of esters is 1. The highest BCUT2D eigenvalue weighted by Gasteiger charge is 2.39. The molecule has 9 heteroatoms. The highest BCUT2D eigenvalue weighted by atomic mass is 35.5. The Morgan fingerprint density at radius 2 is 2.38 bits per heavy atom. The van der Waals surface area contributed by atoms with Crippen molar-refractivity contribution in [2.45, 2.75) is 17.9 Å². The second-order valence-electron chi connectivity index (χ2n) is 4.26. The molecule has 0 amide bonds. The monoisotopic (exact) mass is 350 g/mol. The van der Waals surface area contributed by atoms with Gasteiger partial charge in [-0.2, -0.15) is 16.1 Å². The summed E-state index contributed by atoms with van der Waals surface area (Å²) in [5.74, 6) is 0.455. The number of thioether (sulfide) groups is 1. The fourth-order valence-corrected chi connectivity index (χ4v) is 5.21. The zero-order valence-electron chi connectivity index (χ0n) is 11.4. The van der Waals surface area contributed by atoms with Crippen LogP contribution in [0.5, 0.6) is 0 Å². The Bertz CT molecular complexity index is 623. The van der Waals surface area contributed by atoms with Crippen LogP contribution < -0.4 is 0 Å². The molecule has 6 nitrogen and oxygen atoms in total. The number of halogens is 1. The molecular weight excluding hydrogens is 336 g/mol. The van der Waals surface area contributed by atoms with Gasteiger partial charge in [0.1, 0.15) is 10.9 Å². The maximum absolute atomic E-state index is 12.7. The van der Waals surface area contributed by atoms with Gasteiger partial charge in [0.15, 0.2) is 0 Å². The van der Waals surface area contributed by atoms with Crippen LogP contribution in [0.1, 0.15) is 6.92 Å². The number of ether oxygens (including phenoxy) is 1. The minimum Gasteiger partial charge on any atom is -0.465 e. The van der Waals surface area contributed by atoms with Crippen molar-refractivity contribution in [3.63, 3.8) is 0 Å². The van der Waals surface area contributed by atoms with Crippen LogP contribution in [0.25, 0.3) is 0 Å². The Kier molecular flexibility index (Phi) is 5.48. The summed E-state index contributed by atoms with van der Waals surface area (Å²) in [6.07, 6.45) is 2.61. The van der Waals surface area contributed by atoms with Crippen molar-refractivity contribution in [1.29, 1.82) is 0 Å². The zero-order chi connectivity index (χ0) is 15.5. The van der Waals surface area contributed by atoms with Gasteiger partial charge in [-0.3, -0.25) is 9.78 Å². The first-order valence-corrected chi connectivity index (χ1v) is 9.31. The molecule has 0 aliphatic carbocycles. The predicted octanol–water partition coefficient (Wildman–Crippen LogP) is 1.40. The van der Waals surface area contributed by atoms with E-state index in [4.69, 9.17) is 16.3 Å². The number of hydrogen-bond acceptors (Lipinski definition) is 6. The molecule has 1 fully saturated rings. The smallest absolute Gasteiger partial charge is 0.325 e. The lowest BCUT2D eigenvalue weighted by Gasteiger charge is -2.32. The van der Waals surface area contributed by atoms with Crippen molar-refractivity contribution in [3.8, 4) is 0 Å². The summed E-state index contributed by atoms with van der Waals surface area (Å²) in [4.78, 5) is 15.7. The number of aromatic nitrogens is 1. The molecule has 0 saturated carbocycles. The van der Waals surface area contributed by atoms with Gasteiger partial charge in [0.25, 0.3) is 0 Å². The second kappa shape index (κ2) is 6.95. The second-order valence-corrected chi connectivity index (χ2v) is 7.68. The van der Waals surface area contributed by atoms with Gasteiger partial charge < -0.3 is 4.74 Å². The van der Waals surface area contributed by atoms with Crippen LogP contribution in [0.3, 0.4) is 0 Å². The van der Waals surface area contributed by atoms with Crippen LogP contribution in [0, 0.1) is 0 Å². The quantitative estimate of drug-likeness (QED) is 0.764. The van der Waals surface area contributed by atoms with Crippen molar-refractivity contribution < 1.29 is 17.9 Å². The van der Waals surface area contributed by atoms with Crippen molar-refractivity contribution >= 4 is 39.4 Å². The van der Waals surface area contributed by atoms with Crippen LogP contribution in [0.2, 0.25) is 5.02 Å². The predicted molar refractivity (Wildman–Crippen MR) is 80.9 cm³/mol. The lowest BCUT2D eigenvalue weighted by atomic mass is 10.3. The SMILES string of the molecule is CCOC(=O)C1CSCCN1S(=O)(=O)c1cnccc1Cl. The summed E-state index contributed by atoms with van der Waals surface area (Å²) >= 11 is 7.47. The first kappa shape index (κ1) is 16.5. The average molecular weight is 351 g/mol. The first-order chi connectivity index (χ1) is 9.98. The minimum atomic E-state index is -3.88. The molecule has 1 aromatic heterocycles. The van der Waals surface area contributed by atoms with Gasteiger partial charge in [-0.05, 0) is 13.0 Å². The number of nitrogens with zero attached hydrogens (tertiary/aromatic N) is 2. The van der Waals surface area contributed by atoms with Crippen molar-refractivity contribution in [1.82, 2.24) is 9.29 Å². The molecule has 0 spiro atoms. The molecule has 1 saturated heterocycles. The van der Waals surface area contributed by atoms with E-state index < -0.39 is 22.0 Å². The standard InChI is InChI=1S/C12H15ClN2O4S2/c1-2-19-12(16)10-8-20-6-5-15(10)21(17,18)11-7-14-4-3-9(11)13/h3-4,7,10H,2,5-6,8H2,1H3. The van der Waals surface area contributed by atoms with E-state index in [1.165, 1.54) is 30.2 Å². The normalized spacial score (nSPS) is 20.2. The number of sulfonamides is 1. The highest BCUT2D eigenvalue weighted by molar-refractivity contribution is 7.99. The van der Waals surface area contributed by atoms with Crippen molar-refractivity contribution in [2.75, 3.05) is 24.7 Å². The molecule has 1 atom stereocenters. The summed E-state index contributed by atoms with van der Waals surface area (Å²) in [6.45, 7) is 2.13. The van der Waals surface area contributed by atoms with Gasteiger partial charge >= 0.3 is 5.97 Å². The molecule has 0 radical (unpaired) electrons. The van der Waals surface area contributed by atoms with Gasteiger partial charge in [-0.15, -0.1) is 0 Å². The fraction of sp³-hybridized carbons (Fsp3) is 0.500. The zero-order valence-corrected chi connectivity index (χ0v) is 13.7. The molecule has 1 aromatic rings. The largest absolute Gasteiger partial charge is 0.465 e. The summed E-state index contributed by atoms with van der Waals surface area (Å²) in [7, 11) is -3.88. The van der Waals surface area contributed by atoms with E-state index in [0.29, 0.717) is 11.5 Å². The van der Waals surface area contributed by atoms with Crippen LogP contribution in [0.4, 0.5) is 0 Å². The maximum Gasteiger partial charge on any atom is 0.325 e. The van der Waals surface area contributed by atoms with Crippen LogP contribution in [-0.2, 0) is 19.6 Å². The summed E-state index contributed by atoms with van der Waals surface area (Å²) in [6, 6.07) is 0.581. The fourth-order valence-electron chi connectivity index (χ4n) is 1.98. The van der Waals surface area contributed by atoms with E-state index in [2.05, 4.69) is 4.98 Å². The highest BCUT2D eigenvalue weighted by Crippen LogP contribution is 2.28. The summed E-state index contributed by atoms with van der Waals surface area (Å²) < 4.78 is 31.5. The minimum absolute atomic E-state index is 0.0887. The molecule has 116 valence electrons. The Morgan fingerprint density at radius 1 is 1.62 bits per heavy atom.